The Morgan fingerprint density at radius 3 is 2.47 bits per heavy atom. The summed E-state index contributed by atoms with van der Waals surface area (Å²) in [7, 11) is 1.64. The van der Waals surface area contributed by atoms with Crippen LogP contribution in [-0.2, 0) is 9.05 Å². The Morgan fingerprint density at radius 1 is 1.29 bits per heavy atom. The lowest BCUT2D eigenvalue weighted by molar-refractivity contribution is 0.359. The van der Waals surface area contributed by atoms with Gasteiger partial charge in [-0.3, -0.25) is 0 Å². The lowest BCUT2D eigenvalue weighted by Crippen LogP contribution is -2.00. The summed E-state index contributed by atoms with van der Waals surface area (Å²) < 4.78 is 28.1. The normalized spacial score (nSPS) is 12.0. The van der Waals surface area contributed by atoms with Gasteiger partial charge in [0.05, 0.1) is 4.90 Å². The average Bonchev–Trinajstić information content (AvgIpc) is 2.21. The first-order valence-corrected chi connectivity index (χ1v) is 7.47. The zero-order valence-electron chi connectivity index (χ0n) is 10.0. The highest BCUT2D eigenvalue weighted by Gasteiger charge is 2.15. The van der Waals surface area contributed by atoms with Crippen molar-refractivity contribution in [2.24, 2.45) is 0 Å². The molecule has 0 aliphatic carbocycles. The molecule has 0 fully saturated rings. The minimum absolute atomic E-state index is 0.134. The summed E-state index contributed by atoms with van der Waals surface area (Å²) in [5.41, 5.74) is 1.33. The SMILES string of the molecule is C/C=C/COc1cc(C)c(S(=O)(=O)Cl)cc1C. The van der Waals surface area contributed by atoms with E-state index in [0.717, 1.165) is 5.56 Å². The minimum Gasteiger partial charge on any atom is -0.489 e. The number of aryl methyl sites for hydroxylation is 2. The number of benzene rings is 1. The average molecular weight is 275 g/mol. The van der Waals surface area contributed by atoms with Gasteiger partial charge in [0.2, 0.25) is 0 Å². The molecule has 0 bridgehead atoms. The van der Waals surface area contributed by atoms with Crippen molar-refractivity contribution in [1.29, 1.82) is 0 Å². The van der Waals surface area contributed by atoms with E-state index in [1.54, 1.807) is 19.9 Å². The van der Waals surface area contributed by atoms with Gasteiger partial charge in [0, 0.05) is 10.7 Å². The molecule has 0 heterocycles. The predicted octanol–water partition coefficient (Wildman–Crippen LogP) is 3.19. The molecule has 0 aliphatic heterocycles. The number of rotatable bonds is 4. The Kier molecular flexibility index (Phi) is 4.60. The Bertz CT molecular complexity index is 533. The van der Waals surface area contributed by atoms with E-state index in [1.165, 1.54) is 6.07 Å². The van der Waals surface area contributed by atoms with E-state index in [1.807, 2.05) is 19.1 Å². The summed E-state index contributed by atoms with van der Waals surface area (Å²) in [6.45, 7) is 5.85. The fraction of sp³-hybridized carbons (Fsp3) is 0.333. The topological polar surface area (TPSA) is 43.4 Å². The molecule has 0 saturated heterocycles. The maximum atomic E-state index is 11.3. The molecular weight excluding hydrogens is 260 g/mol. The predicted molar refractivity (Wildman–Crippen MR) is 69.3 cm³/mol. The van der Waals surface area contributed by atoms with Gasteiger partial charge in [-0.1, -0.05) is 12.2 Å². The summed E-state index contributed by atoms with van der Waals surface area (Å²) in [6, 6.07) is 3.22. The van der Waals surface area contributed by atoms with Crippen LogP contribution in [0.15, 0.2) is 29.2 Å². The zero-order valence-corrected chi connectivity index (χ0v) is 11.6. The Balaban J connectivity index is 3.10. The number of halogens is 1. The van der Waals surface area contributed by atoms with Crippen LogP contribution < -0.4 is 4.74 Å². The molecule has 1 rings (SSSR count). The van der Waals surface area contributed by atoms with Crippen LogP contribution in [0.4, 0.5) is 0 Å². The fourth-order valence-electron chi connectivity index (χ4n) is 1.42. The van der Waals surface area contributed by atoms with Crippen LogP contribution >= 0.6 is 10.7 Å². The van der Waals surface area contributed by atoms with Gasteiger partial charge >= 0.3 is 0 Å². The van der Waals surface area contributed by atoms with Crippen LogP contribution in [0.1, 0.15) is 18.1 Å². The van der Waals surface area contributed by atoms with Gasteiger partial charge in [-0.15, -0.1) is 0 Å². The summed E-state index contributed by atoms with van der Waals surface area (Å²) >= 11 is 0. The van der Waals surface area contributed by atoms with Crippen LogP contribution in [0.5, 0.6) is 5.75 Å². The number of hydrogen-bond acceptors (Lipinski definition) is 3. The second kappa shape index (κ2) is 5.56. The molecule has 0 saturated carbocycles. The van der Waals surface area contributed by atoms with E-state index in [2.05, 4.69) is 0 Å². The molecule has 0 N–H and O–H groups in total. The van der Waals surface area contributed by atoms with Crippen molar-refractivity contribution in [3.8, 4) is 5.75 Å². The van der Waals surface area contributed by atoms with E-state index in [0.29, 0.717) is 17.9 Å². The maximum absolute atomic E-state index is 11.3. The van der Waals surface area contributed by atoms with E-state index >= 15 is 0 Å². The van der Waals surface area contributed by atoms with Crippen LogP contribution in [-0.4, -0.2) is 15.0 Å². The second-order valence-electron chi connectivity index (χ2n) is 3.70. The lowest BCUT2D eigenvalue weighted by atomic mass is 10.1. The number of allylic oxidation sites excluding steroid dienone is 1. The monoisotopic (exact) mass is 274 g/mol. The molecule has 0 radical (unpaired) electrons. The lowest BCUT2D eigenvalue weighted by Gasteiger charge is -2.10. The molecule has 94 valence electrons. The zero-order chi connectivity index (χ0) is 13.1. The number of ether oxygens (including phenoxy) is 1. The standard InChI is InChI=1S/C12H15ClO3S/c1-4-5-6-16-11-7-10(3)12(8-9(11)2)17(13,14)15/h4-5,7-8H,6H2,1-3H3/b5-4+. The van der Waals surface area contributed by atoms with Gasteiger partial charge in [0.1, 0.15) is 12.4 Å². The van der Waals surface area contributed by atoms with Crippen LogP contribution in [0.3, 0.4) is 0 Å². The van der Waals surface area contributed by atoms with Gasteiger partial charge in [0.25, 0.3) is 9.05 Å². The third-order valence-electron chi connectivity index (χ3n) is 2.31. The largest absolute Gasteiger partial charge is 0.489 e. The van der Waals surface area contributed by atoms with E-state index in [9.17, 15) is 8.42 Å². The quantitative estimate of drug-likeness (QED) is 0.626. The fourth-order valence-corrected chi connectivity index (χ4v) is 2.68. The highest BCUT2D eigenvalue weighted by atomic mass is 35.7. The van der Waals surface area contributed by atoms with Gasteiger partial charge in [-0.2, -0.15) is 0 Å². The Labute approximate surface area is 106 Å². The van der Waals surface area contributed by atoms with Crippen molar-refractivity contribution >= 4 is 19.7 Å². The Morgan fingerprint density at radius 2 is 1.94 bits per heavy atom. The summed E-state index contributed by atoms with van der Waals surface area (Å²) in [5, 5.41) is 0. The maximum Gasteiger partial charge on any atom is 0.261 e. The smallest absolute Gasteiger partial charge is 0.261 e. The molecule has 5 heteroatoms. The summed E-state index contributed by atoms with van der Waals surface area (Å²) in [5.74, 6) is 0.671. The van der Waals surface area contributed by atoms with Crippen molar-refractivity contribution in [2.45, 2.75) is 25.7 Å². The van der Waals surface area contributed by atoms with Crippen molar-refractivity contribution in [3.05, 3.63) is 35.4 Å². The third kappa shape index (κ3) is 3.75. The molecule has 0 unspecified atom stereocenters. The van der Waals surface area contributed by atoms with Crippen LogP contribution in [0.2, 0.25) is 0 Å². The highest BCUT2D eigenvalue weighted by molar-refractivity contribution is 8.13. The first kappa shape index (κ1) is 14.1. The first-order valence-electron chi connectivity index (χ1n) is 5.16. The summed E-state index contributed by atoms with van der Waals surface area (Å²) in [4.78, 5) is 0.134. The molecule has 1 aromatic carbocycles. The molecule has 17 heavy (non-hydrogen) atoms. The van der Waals surface area contributed by atoms with Crippen LogP contribution in [0.25, 0.3) is 0 Å². The van der Waals surface area contributed by atoms with E-state index < -0.39 is 9.05 Å². The van der Waals surface area contributed by atoms with Gasteiger partial charge < -0.3 is 4.74 Å². The molecule has 0 aromatic heterocycles. The first-order chi connectivity index (χ1) is 7.86. The molecule has 1 aromatic rings. The Hall–Kier alpha value is -1.00. The molecular formula is C12H15ClO3S. The molecule has 0 atom stereocenters. The minimum atomic E-state index is -3.70. The van der Waals surface area contributed by atoms with Crippen molar-refractivity contribution < 1.29 is 13.2 Å². The molecule has 0 aliphatic rings. The van der Waals surface area contributed by atoms with E-state index in [-0.39, 0.29) is 4.90 Å². The van der Waals surface area contributed by atoms with Crippen LogP contribution in [0, 0.1) is 13.8 Å². The molecule has 0 amide bonds. The van der Waals surface area contributed by atoms with Crippen molar-refractivity contribution in [2.75, 3.05) is 6.61 Å². The van der Waals surface area contributed by atoms with Gasteiger partial charge in [-0.05, 0) is 44.0 Å². The van der Waals surface area contributed by atoms with Crippen molar-refractivity contribution in [1.82, 2.24) is 0 Å². The van der Waals surface area contributed by atoms with Crippen molar-refractivity contribution in [3.63, 3.8) is 0 Å². The third-order valence-corrected chi connectivity index (χ3v) is 3.77. The highest BCUT2D eigenvalue weighted by Crippen LogP contribution is 2.27. The molecule has 0 spiro atoms. The molecule has 3 nitrogen and oxygen atoms in total. The van der Waals surface area contributed by atoms with E-state index in [4.69, 9.17) is 15.4 Å². The second-order valence-corrected chi connectivity index (χ2v) is 6.24. The number of hydrogen-bond donors (Lipinski definition) is 0. The summed E-state index contributed by atoms with van der Waals surface area (Å²) in [6.07, 6.45) is 3.76. The van der Waals surface area contributed by atoms with Gasteiger partial charge in [0.15, 0.2) is 0 Å². The van der Waals surface area contributed by atoms with Gasteiger partial charge in [-0.25, -0.2) is 8.42 Å².